The first-order valence-electron chi connectivity index (χ1n) is 10.1. The Hall–Kier alpha value is -2.77. The third-order valence-electron chi connectivity index (χ3n) is 4.30. The molecule has 1 aromatic rings. The number of guanidine groups is 1. The predicted molar refractivity (Wildman–Crippen MR) is 114 cm³/mol. The second kappa shape index (κ2) is 10.1. The molecule has 1 heterocycles. The highest BCUT2D eigenvalue weighted by Crippen LogP contribution is 2.15. The minimum atomic E-state index is -0.485. The van der Waals surface area contributed by atoms with Gasteiger partial charge in [0.1, 0.15) is 5.60 Å². The normalized spacial score (nSPS) is 14.8. The molecule has 1 aliphatic rings. The minimum absolute atomic E-state index is 0.0927. The molecule has 0 aromatic heterocycles. The zero-order valence-electron chi connectivity index (χ0n) is 18.0. The third kappa shape index (κ3) is 7.29. The van der Waals surface area contributed by atoms with Gasteiger partial charge in [0.2, 0.25) is 0 Å². The molecule has 29 heavy (non-hydrogen) atoms. The van der Waals surface area contributed by atoms with Crippen LogP contribution >= 0.6 is 0 Å². The van der Waals surface area contributed by atoms with Gasteiger partial charge in [-0.15, -0.1) is 0 Å². The van der Waals surface area contributed by atoms with E-state index in [1.807, 2.05) is 45.9 Å². The fraction of sp³-hybridized carbons (Fsp3) is 0.571. The Balaban J connectivity index is 1.83. The first kappa shape index (κ1) is 22.5. The maximum atomic E-state index is 12.0. The topological polar surface area (TPSA) is 95.1 Å². The molecule has 2 amide bonds. The quantitative estimate of drug-likeness (QED) is 0.497. The van der Waals surface area contributed by atoms with Gasteiger partial charge in [-0.1, -0.05) is 12.1 Å². The summed E-state index contributed by atoms with van der Waals surface area (Å²) in [6.45, 7) is 10.1. The molecule has 0 spiro atoms. The van der Waals surface area contributed by atoms with Crippen molar-refractivity contribution in [3.8, 4) is 0 Å². The monoisotopic (exact) mass is 403 g/mol. The van der Waals surface area contributed by atoms with E-state index >= 15 is 0 Å². The van der Waals surface area contributed by atoms with Crippen molar-refractivity contribution in [2.24, 2.45) is 4.99 Å². The van der Waals surface area contributed by atoms with Crippen LogP contribution in [0.3, 0.4) is 0 Å². The highest BCUT2D eigenvalue weighted by molar-refractivity contribution is 5.94. The van der Waals surface area contributed by atoms with Crippen LogP contribution in [-0.2, 0) is 11.2 Å². The fourth-order valence-electron chi connectivity index (χ4n) is 2.87. The Kier molecular flexibility index (Phi) is 7.87. The van der Waals surface area contributed by atoms with Crippen LogP contribution in [0, 0.1) is 0 Å². The molecule has 1 aromatic carbocycles. The lowest BCUT2D eigenvalue weighted by Crippen LogP contribution is -2.63. The second-order valence-corrected chi connectivity index (χ2v) is 8.02. The number of amides is 2. The summed E-state index contributed by atoms with van der Waals surface area (Å²) in [7, 11) is 1.62. The number of hydrogen-bond acceptors (Lipinski definition) is 4. The smallest absolute Gasteiger partial charge is 0.410 e. The molecular formula is C21H33N5O3. The molecular weight excluding hydrogens is 370 g/mol. The van der Waals surface area contributed by atoms with Crippen LogP contribution in [0.2, 0.25) is 0 Å². The molecule has 160 valence electrons. The number of nitrogens with zero attached hydrogens (tertiary/aromatic N) is 2. The van der Waals surface area contributed by atoms with E-state index in [1.54, 1.807) is 18.0 Å². The number of rotatable bonds is 6. The van der Waals surface area contributed by atoms with E-state index in [4.69, 9.17) is 4.74 Å². The van der Waals surface area contributed by atoms with Gasteiger partial charge in [-0.25, -0.2) is 4.79 Å². The Morgan fingerprint density at radius 3 is 2.62 bits per heavy atom. The summed E-state index contributed by atoms with van der Waals surface area (Å²) >= 11 is 0. The van der Waals surface area contributed by atoms with Crippen LogP contribution in [-0.4, -0.2) is 67.7 Å². The third-order valence-corrected chi connectivity index (χ3v) is 4.30. The Morgan fingerprint density at radius 2 is 2.00 bits per heavy atom. The van der Waals surface area contributed by atoms with Crippen molar-refractivity contribution in [2.45, 2.75) is 45.8 Å². The van der Waals surface area contributed by atoms with E-state index < -0.39 is 5.60 Å². The second-order valence-electron chi connectivity index (χ2n) is 8.02. The van der Waals surface area contributed by atoms with E-state index in [-0.39, 0.29) is 18.0 Å². The zero-order valence-corrected chi connectivity index (χ0v) is 18.0. The van der Waals surface area contributed by atoms with Crippen molar-refractivity contribution in [3.63, 3.8) is 0 Å². The fourth-order valence-corrected chi connectivity index (χ4v) is 2.87. The van der Waals surface area contributed by atoms with Gasteiger partial charge < -0.3 is 25.6 Å². The van der Waals surface area contributed by atoms with Gasteiger partial charge in [-0.05, 0) is 51.8 Å². The number of aliphatic imine (C=N–C) groups is 1. The van der Waals surface area contributed by atoms with Crippen LogP contribution < -0.4 is 16.0 Å². The van der Waals surface area contributed by atoms with Crippen LogP contribution in [0.5, 0.6) is 0 Å². The van der Waals surface area contributed by atoms with Crippen molar-refractivity contribution in [3.05, 3.63) is 35.4 Å². The Labute approximate surface area is 173 Å². The molecule has 3 N–H and O–H groups in total. The van der Waals surface area contributed by atoms with Gasteiger partial charge in [0.15, 0.2) is 5.96 Å². The van der Waals surface area contributed by atoms with Crippen LogP contribution in [0.1, 0.15) is 43.6 Å². The van der Waals surface area contributed by atoms with E-state index in [1.165, 1.54) is 0 Å². The molecule has 0 radical (unpaired) electrons. The van der Waals surface area contributed by atoms with Crippen molar-refractivity contribution in [1.29, 1.82) is 0 Å². The molecule has 0 atom stereocenters. The van der Waals surface area contributed by atoms with E-state index in [2.05, 4.69) is 20.9 Å². The van der Waals surface area contributed by atoms with Crippen LogP contribution in [0.15, 0.2) is 29.3 Å². The van der Waals surface area contributed by atoms with Gasteiger partial charge in [0, 0.05) is 38.8 Å². The average Bonchev–Trinajstić information content (AvgIpc) is 2.62. The van der Waals surface area contributed by atoms with Crippen molar-refractivity contribution in [1.82, 2.24) is 20.9 Å². The summed E-state index contributed by atoms with van der Waals surface area (Å²) in [5, 5.41) is 9.22. The maximum absolute atomic E-state index is 12.0. The van der Waals surface area contributed by atoms with Gasteiger partial charge in [0.25, 0.3) is 5.91 Å². The molecule has 1 fully saturated rings. The predicted octanol–water partition coefficient (Wildman–Crippen LogP) is 1.76. The standard InChI is InChI=1S/C21H33N5O3/c1-6-23-19(25-17-13-26(14-17)20(28)29-21(2,3)4)24-11-10-15-8-7-9-16(12-15)18(27)22-5/h7-9,12,17H,6,10-11,13-14H2,1-5H3,(H,22,27)(H2,23,24,25). The number of hydrogen-bond donors (Lipinski definition) is 3. The first-order chi connectivity index (χ1) is 13.7. The van der Waals surface area contributed by atoms with Crippen LogP contribution in [0.25, 0.3) is 0 Å². The SMILES string of the molecule is CCNC(=NCCc1cccc(C(=O)NC)c1)NC1CN(C(=O)OC(C)(C)C)C1. The lowest BCUT2D eigenvalue weighted by atomic mass is 10.1. The molecule has 0 saturated carbocycles. The van der Waals surface area contributed by atoms with Gasteiger partial charge >= 0.3 is 6.09 Å². The molecule has 2 rings (SSSR count). The summed E-state index contributed by atoms with van der Waals surface area (Å²) in [5.74, 6) is 0.633. The number of likely N-dealkylation sites (tertiary alicyclic amines) is 1. The largest absolute Gasteiger partial charge is 0.444 e. The van der Waals surface area contributed by atoms with E-state index in [9.17, 15) is 9.59 Å². The van der Waals surface area contributed by atoms with Gasteiger partial charge in [-0.3, -0.25) is 9.79 Å². The van der Waals surface area contributed by atoms with Crippen LogP contribution in [0.4, 0.5) is 4.79 Å². The zero-order chi connectivity index (χ0) is 21.4. The molecule has 0 bridgehead atoms. The summed E-state index contributed by atoms with van der Waals surface area (Å²) < 4.78 is 5.38. The summed E-state index contributed by atoms with van der Waals surface area (Å²) in [4.78, 5) is 30.1. The Morgan fingerprint density at radius 1 is 1.28 bits per heavy atom. The molecule has 8 nitrogen and oxygen atoms in total. The number of nitrogens with one attached hydrogen (secondary N) is 3. The lowest BCUT2D eigenvalue weighted by Gasteiger charge is -2.40. The number of carbonyl (C=O) groups excluding carboxylic acids is 2. The highest BCUT2D eigenvalue weighted by atomic mass is 16.6. The highest BCUT2D eigenvalue weighted by Gasteiger charge is 2.34. The number of ether oxygens (including phenoxy) is 1. The Bertz CT molecular complexity index is 736. The molecule has 1 aliphatic heterocycles. The number of benzene rings is 1. The molecule has 8 heteroatoms. The van der Waals surface area contributed by atoms with Crippen molar-refractivity contribution >= 4 is 18.0 Å². The van der Waals surface area contributed by atoms with Crippen molar-refractivity contribution < 1.29 is 14.3 Å². The lowest BCUT2D eigenvalue weighted by molar-refractivity contribution is 0.00700. The first-order valence-corrected chi connectivity index (χ1v) is 10.1. The van der Waals surface area contributed by atoms with Gasteiger partial charge in [0.05, 0.1) is 6.04 Å². The van der Waals surface area contributed by atoms with Crippen molar-refractivity contribution in [2.75, 3.05) is 33.2 Å². The summed E-state index contributed by atoms with van der Waals surface area (Å²) in [5.41, 5.74) is 1.22. The molecule has 0 aliphatic carbocycles. The maximum Gasteiger partial charge on any atom is 0.410 e. The van der Waals surface area contributed by atoms with Gasteiger partial charge in [-0.2, -0.15) is 0 Å². The van der Waals surface area contributed by atoms with E-state index in [0.717, 1.165) is 24.5 Å². The number of carbonyl (C=O) groups is 2. The molecule has 1 saturated heterocycles. The minimum Gasteiger partial charge on any atom is -0.444 e. The van der Waals surface area contributed by atoms with E-state index in [0.29, 0.717) is 25.2 Å². The average molecular weight is 404 g/mol. The summed E-state index contributed by atoms with van der Waals surface area (Å²) in [6.07, 6.45) is 0.448. The molecule has 0 unspecified atom stereocenters. The summed E-state index contributed by atoms with van der Waals surface area (Å²) in [6, 6.07) is 7.71.